The van der Waals surface area contributed by atoms with Crippen LogP contribution in [0.25, 0.3) is 11.1 Å². The first-order valence-corrected chi connectivity index (χ1v) is 10.9. The van der Waals surface area contributed by atoms with Gasteiger partial charge in [0.25, 0.3) is 0 Å². The molecule has 1 unspecified atom stereocenters. The lowest BCUT2D eigenvalue weighted by molar-refractivity contribution is 0.325. The average molecular weight is 409 g/mol. The molecular weight excluding hydrogens is 384 g/mol. The van der Waals surface area contributed by atoms with Crippen LogP contribution in [0.4, 0.5) is 0 Å². The smallest absolute Gasteiger partial charge is 0.0555 e. The number of rotatable bonds is 6. The van der Waals surface area contributed by atoms with Gasteiger partial charge in [-0.25, -0.2) is 0 Å². The van der Waals surface area contributed by atoms with Gasteiger partial charge in [0.05, 0.1) is 5.02 Å². The Morgan fingerprint density at radius 2 is 1.75 bits per heavy atom. The molecule has 1 saturated heterocycles. The van der Waals surface area contributed by atoms with Crippen LogP contribution in [0, 0.1) is 6.92 Å². The van der Waals surface area contributed by atoms with Crippen molar-refractivity contribution in [3.8, 4) is 11.1 Å². The fraction of sp³-hybridized carbons (Fsp3) is 0.250. The first kappa shape index (κ1) is 19.5. The third kappa shape index (κ3) is 4.98. The van der Waals surface area contributed by atoms with Crippen LogP contribution in [0.3, 0.4) is 0 Å². The van der Waals surface area contributed by atoms with Crippen molar-refractivity contribution in [3.63, 3.8) is 0 Å². The normalized spacial score (nSPS) is 17.1. The van der Waals surface area contributed by atoms with Crippen molar-refractivity contribution < 1.29 is 0 Å². The number of halogens is 1. The van der Waals surface area contributed by atoms with Crippen molar-refractivity contribution in [2.24, 2.45) is 0 Å². The minimum absolute atomic E-state index is 0.491. The van der Waals surface area contributed by atoms with Crippen LogP contribution < -0.4 is 4.72 Å². The van der Waals surface area contributed by atoms with Crippen molar-refractivity contribution in [3.05, 3.63) is 88.9 Å². The molecule has 0 aromatic heterocycles. The highest BCUT2D eigenvalue weighted by Gasteiger charge is 2.22. The molecule has 1 fully saturated rings. The van der Waals surface area contributed by atoms with Crippen LogP contribution >= 0.6 is 23.5 Å². The van der Waals surface area contributed by atoms with Gasteiger partial charge in [-0.3, -0.25) is 9.62 Å². The second-order valence-electron chi connectivity index (χ2n) is 7.44. The lowest BCUT2D eigenvalue weighted by Crippen LogP contribution is -2.28. The summed E-state index contributed by atoms with van der Waals surface area (Å²) >= 11 is 7.96. The third-order valence-electron chi connectivity index (χ3n) is 5.16. The topological polar surface area (TPSA) is 15.3 Å². The molecule has 4 heteroatoms. The molecule has 1 aliphatic heterocycles. The van der Waals surface area contributed by atoms with E-state index in [1.54, 1.807) is 11.9 Å². The molecular formula is C24H25ClN2S. The van der Waals surface area contributed by atoms with Gasteiger partial charge in [0, 0.05) is 30.6 Å². The van der Waals surface area contributed by atoms with E-state index in [1.807, 2.05) is 12.1 Å². The minimum Gasteiger partial charge on any atom is -0.297 e. The highest BCUT2D eigenvalue weighted by Crippen LogP contribution is 2.27. The number of hydrogen-bond acceptors (Lipinski definition) is 3. The zero-order valence-electron chi connectivity index (χ0n) is 16.1. The predicted molar refractivity (Wildman–Crippen MR) is 121 cm³/mol. The molecule has 0 spiro atoms. The quantitative estimate of drug-likeness (QED) is 0.490. The standard InChI is InChI=1S/C24H25ClN2S/c1-18-7-12-23(25)24(15-18)28-26-22-13-14-27(17-22)16-19-8-10-21(11-9-19)20-5-3-2-4-6-20/h2-12,15,22,26H,13-14,16-17H2,1H3. The Balaban J connectivity index is 1.29. The van der Waals surface area contributed by atoms with Gasteiger partial charge in [-0.1, -0.05) is 72.3 Å². The Morgan fingerprint density at radius 1 is 1.00 bits per heavy atom. The first-order chi connectivity index (χ1) is 13.7. The van der Waals surface area contributed by atoms with Crippen LogP contribution in [0.5, 0.6) is 0 Å². The van der Waals surface area contributed by atoms with Crippen LogP contribution in [-0.2, 0) is 6.54 Å². The van der Waals surface area contributed by atoms with E-state index in [4.69, 9.17) is 11.6 Å². The van der Waals surface area contributed by atoms with Gasteiger partial charge in [0.2, 0.25) is 0 Å². The van der Waals surface area contributed by atoms with Gasteiger partial charge in [-0.2, -0.15) is 0 Å². The Bertz CT molecular complexity index is 912. The van der Waals surface area contributed by atoms with E-state index in [1.165, 1.54) is 28.7 Å². The van der Waals surface area contributed by atoms with E-state index in [2.05, 4.69) is 77.2 Å². The lowest BCUT2D eigenvalue weighted by atomic mass is 10.0. The zero-order valence-corrected chi connectivity index (χ0v) is 17.6. The molecule has 144 valence electrons. The third-order valence-corrected chi connectivity index (χ3v) is 6.61. The maximum atomic E-state index is 6.30. The van der Waals surface area contributed by atoms with E-state index < -0.39 is 0 Å². The minimum atomic E-state index is 0.491. The van der Waals surface area contributed by atoms with E-state index in [0.717, 1.165) is 29.6 Å². The van der Waals surface area contributed by atoms with Gasteiger partial charge in [0.1, 0.15) is 0 Å². The number of benzene rings is 3. The van der Waals surface area contributed by atoms with Gasteiger partial charge in [-0.05, 0) is 59.7 Å². The molecule has 2 nitrogen and oxygen atoms in total. The summed E-state index contributed by atoms with van der Waals surface area (Å²) in [6, 6.07) is 26.2. The molecule has 0 saturated carbocycles. The number of nitrogens with one attached hydrogen (secondary N) is 1. The first-order valence-electron chi connectivity index (χ1n) is 9.72. The summed E-state index contributed by atoms with van der Waals surface area (Å²) in [5.41, 5.74) is 5.15. The molecule has 0 radical (unpaired) electrons. The molecule has 1 atom stereocenters. The Kier molecular flexibility index (Phi) is 6.38. The van der Waals surface area contributed by atoms with E-state index >= 15 is 0 Å². The van der Waals surface area contributed by atoms with Crippen LogP contribution in [0.15, 0.2) is 77.7 Å². The number of hydrogen-bond donors (Lipinski definition) is 1. The highest BCUT2D eigenvalue weighted by atomic mass is 35.5. The predicted octanol–water partition coefficient (Wildman–Crippen LogP) is 6.19. The summed E-state index contributed by atoms with van der Waals surface area (Å²) in [5, 5.41) is 0.816. The van der Waals surface area contributed by atoms with Crippen LogP contribution in [-0.4, -0.2) is 24.0 Å². The van der Waals surface area contributed by atoms with E-state index in [-0.39, 0.29) is 0 Å². The Labute approximate surface area is 177 Å². The average Bonchev–Trinajstić information content (AvgIpc) is 3.17. The molecule has 1 N–H and O–H groups in total. The fourth-order valence-electron chi connectivity index (χ4n) is 3.60. The molecule has 1 aliphatic rings. The Morgan fingerprint density at radius 3 is 2.54 bits per heavy atom. The molecule has 0 amide bonds. The van der Waals surface area contributed by atoms with Gasteiger partial charge in [-0.15, -0.1) is 0 Å². The fourth-order valence-corrected chi connectivity index (χ4v) is 4.73. The lowest BCUT2D eigenvalue weighted by Gasteiger charge is -2.17. The molecule has 0 bridgehead atoms. The summed E-state index contributed by atoms with van der Waals surface area (Å²) in [5.74, 6) is 0. The highest BCUT2D eigenvalue weighted by molar-refractivity contribution is 7.97. The Hall–Kier alpha value is -1.78. The van der Waals surface area contributed by atoms with E-state index in [0.29, 0.717) is 6.04 Å². The summed E-state index contributed by atoms with van der Waals surface area (Å²) in [6.07, 6.45) is 1.17. The second kappa shape index (κ2) is 9.15. The van der Waals surface area contributed by atoms with Crippen molar-refractivity contribution in [2.45, 2.75) is 30.8 Å². The van der Waals surface area contributed by atoms with Gasteiger partial charge in [0.15, 0.2) is 0 Å². The van der Waals surface area contributed by atoms with Crippen molar-refractivity contribution >= 4 is 23.5 Å². The summed E-state index contributed by atoms with van der Waals surface area (Å²) in [6.45, 7) is 5.29. The zero-order chi connectivity index (χ0) is 19.3. The monoisotopic (exact) mass is 408 g/mol. The van der Waals surface area contributed by atoms with Crippen molar-refractivity contribution in [2.75, 3.05) is 13.1 Å². The molecule has 28 heavy (non-hydrogen) atoms. The second-order valence-corrected chi connectivity index (χ2v) is 8.72. The molecule has 3 aromatic carbocycles. The number of likely N-dealkylation sites (tertiary alicyclic amines) is 1. The summed E-state index contributed by atoms with van der Waals surface area (Å²) in [4.78, 5) is 3.63. The van der Waals surface area contributed by atoms with Crippen LogP contribution in [0.2, 0.25) is 5.02 Å². The van der Waals surface area contributed by atoms with Gasteiger partial charge >= 0.3 is 0 Å². The number of aryl methyl sites for hydroxylation is 1. The van der Waals surface area contributed by atoms with Crippen molar-refractivity contribution in [1.82, 2.24) is 9.62 Å². The molecule has 0 aliphatic carbocycles. The molecule has 1 heterocycles. The SMILES string of the molecule is Cc1ccc(Cl)c(SNC2CCN(Cc3ccc(-c4ccccc4)cc3)C2)c1. The van der Waals surface area contributed by atoms with Crippen LogP contribution in [0.1, 0.15) is 17.5 Å². The maximum Gasteiger partial charge on any atom is 0.0555 e. The number of nitrogens with zero attached hydrogens (tertiary/aromatic N) is 1. The summed E-state index contributed by atoms with van der Waals surface area (Å²) < 4.78 is 3.60. The maximum absolute atomic E-state index is 6.30. The molecule has 3 aromatic rings. The largest absolute Gasteiger partial charge is 0.297 e. The summed E-state index contributed by atoms with van der Waals surface area (Å²) in [7, 11) is 0. The van der Waals surface area contributed by atoms with E-state index in [9.17, 15) is 0 Å². The van der Waals surface area contributed by atoms with Gasteiger partial charge < -0.3 is 0 Å². The molecule has 4 rings (SSSR count). The van der Waals surface area contributed by atoms with Crippen molar-refractivity contribution in [1.29, 1.82) is 0 Å².